The van der Waals surface area contributed by atoms with Crippen LogP contribution in [0.15, 0.2) is 12.1 Å². The number of hydrogen-bond donors (Lipinski definition) is 0. The summed E-state index contributed by atoms with van der Waals surface area (Å²) >= 11 is 5.60. The van der Waals surface area contributed by atoms with Crippen LogP contribution in [-0.2, 0) is 4.74 Å². The van der Waals surface area contributed by atoms with E-state index in [0.717, 1.165) is 19.2 Å². The number of nitro groups is 1. The Labute approximate surface area is 94.9 Å². The number of esters is 1. The van der Waals surface area contributed by atoms with E-state index in [0.29, 0.717) is 6.29 Å². The first-order valence-electron chi connectivity index (χ1n) is 4.02. The van der Waals surface area contributed by atoms with Crippen LogP contribution in [0.25, 0.3) is 0 Å². The Morgan fingerprint density at radius 2 is 2.19 bits per heavy atom. The van der Waals surface area contributed by atoms with E-state index in [4.69, 9.17) is 11.6 Å². The standard InChI is InChI=1S/C9H6ClNO5/c1-16-9(13)6-2-5(4-12)3-7(10)8(6)11(14)15/h2-4H,1H3. The molecule has 0 aromatic heterocycles. The molecule has 0 atom stereocenters. The Kier molecular flexibility index (Phi) is 3.57. The van der Waals surface area contributed by atoms with Gasteiger partial charge in [0.2, 0.25) is 0 Å². The molecule has 0 spiro atoms. The molecule has 0 radical (unpaired) electrons. The van der Waals surface area contributed by atoms with Gasteiger partial charge in [-0.3, -0.25) is 14.9 Å². The number of aldehydes is 1. The highest BCUT2D eigenvalue weighted by Gasteiger charge is 2.25. The molecule has 0 bridgehead atoms. The van der Waals surface area contributed by atoms with Gasteiger partial charge in [0.1, 0.15) is 16.9 Å². The molecule has 0 fully saturated rings. The van der Waals surface area contributed by atoms with Gasteiger partial charge in [0.15, 0.2) is 0 Å². The molecule has 0 N–H and O–H groups in total. The molecule has 7 heteroatoms. The molecule has 0 unspecified atom stereocenters. The maximum Gasteiger partial charge on any atom is 0.344 e. The average Bonchev–Trinajstić information content (AvgIpc) is 2.26. The number of carbonyl (C=O) groups excluding carboxylic acids is 2. The van der Waals surface area contributed by atoms with Crippen molar-refractivity contribution >= 4 is 29.5 Å². The second kappa shape index (κ2) is 4.71. The van der Waals surface area contributed by atoms with Gasteiger partial charge in [0.05, 0.1) is 12.0 Å². The Morgan fingerprint density at radius 3 is 2.62 bits per heavy atom. The van der Waals surface area contributed by atoms with Gasteiger partial charge < -0.3 is 4.74 Å². The molecular weight excluding hydrogens is 238 g/mol. The maximum absolute atomic E-state index is 11.3. The molecule has 0 aliphatic heterocycles. The zero-order valence-electron chi connectivity index (χ0n) is 8.10. The molecule has 84 valence electrons. The third kappa shape index (κ3) is 2.17. The number of benzene rings is 1. The molecular formula is C9H6ClNO5. The Hall–Kier alpha value is -1.95. The minimum atomic E-state index is -0.919. The quantitative estimate of drug-likeness (QED) is 0.350. The molecule has 0 saturated carbocycles. The molecule has 0 saturated heterocycles. The lowest BCUT2D eigenvalue weighted by Gasteiger charge is -2.03. The van der Waals surface area contributed by atoms with Crippen LogP contribution in [0.5, 0.6) is 0 Å². The Balaban J connectivity index is 3.52. The van der Waals surface area contributed by atoms with E-state index >= 15 is 0 Å². The number of nitro benzene ring substituents is 1. The van der Waals surface area contributed by atoms with Gasteiger partial charge in [-0.25, -0.2) is 4.79 Å². The van der Waals surface area contributed by atoms with Crippen LogP contribution in [-0.4, -0.2) is 24.3 Å². The van der Waals surface area contributed by atoms with Crippen molar-refractivity contribution in [3.05, 3.63) is 38.4 Å². The first-order chi connectivity index (χ1) is 7.51. The fraction of sp³-hybridized carbons (Fsp3) is 0.111. The smallest absolute Gasteiger partial charge is 0.344 e. The topological polar surface area (TPSA) is 86.5 Å². The van der Waals surface area contributed by atoms with Crippen LogP contribution >= 0.6 is 11.6 Å². The van der Waals surface area contributed by atoms with Crippen molar-refractivity contribution in [1.29, 1.82) is 0 Å². The molecule has 1 aromatic rings. The van der Waals surface area contributed by atoms with Crippen LogP contribution in [0.1, 0.15) is 20.7 Å². The third-order valence-electron chi connectivity index (χ3n) is 1.81. The maximum atomic E-state index is 11.3. The molecule has 0 amide bonds. The van der Waals surface area contributed by atoms with E-state index < -0.39 is 16.6 Å². The van der Waals surface area contributed by atoms with Gasteiger partial charge in [0.25, 0.3) is 0 Å². The van der Waals surface area contributed by atoms with Crippen LogP contribution in [0.2, 0.25) is 5.02 Å². The number of halogens is 1. The van der Waals surface area contributed by atoms with Crippen molar-refractivity contribution in [1.82, 2.24) is 0 Å². The van der Waals surface area contributed by atoms with Crippen LogP contribution in [0, 0.1) is 10.1 Å². The molecule has 1 aromatic carbocycles. The summed E-state index contributed by atoms with van der Waals surface area (Å²) in [7, 11) is 1.08. The van der Waals surface area contributed by atoms with Crippen molar-refractivity contribution in [3.8, 4) is 0 Å². The monoisotopic (exact) mass is 243 g/mol. The minimum Gasteiger partial charge on any atom is -0.465 e. The summed E-state index contributed by atoms with van der Waals surface area (Å²) in [5, 5.41) is 10.4. The van der Waals surface area contributed by atoms with E-state index in [9.17, 15) is 19.7 Å². The van der Waals surface area contributed by atoms with Crippen LogP contribution in [0.4, 0.5) is 5.69 Å². The number of hydrogen-bond acceptors (Lipinski definition) is 5. The van der Waals surface area contributed by atoms with Gasteiger partial charge >= 0.3 is 11.7 Å². The predicted octanol–water partition coefficient (Wildman–Crippen LogP) is 1.85. The highest BCUT2D eigenvalue weighted by atomic mass is 35.5. The summed E-state index contributed by atoms with van der Waals surface area (Å²) in [6.45, 7) is 0. The molecule has 16 heavy (non-hydrogen) atoms. The van der Waals surface area contributed by atoms with Crippen molar-refractivity contribution in [2.75, 3.05) is 7.11 Å². The van der Waals surface area contributed by atoms with Crippen molar-refractivity contribution < 1.29 is 19.2 Å². The van der Waals surface area contributed by atoms with Gasteiger partial charge in [0, 0.05) is 5.56 Å². The SMILES string of the molecule is COC(=O)c1cc(C=O)cc(Cl)c1[N+](=O)[O-]. The van der Waals surface area contributed by atoms with E-state index in [2.05, 4.69) is 4.74 Å². The first-order valence-corrected chi connectivity index (χ1v) is 4.40. The number of nitrogens with zero attached hydrogens (tertiary/aromatic N) is 1. The fourth-order valence-electron chi connectivity index (χ4n) is 1.14. The first kappa shape index (κ1) is 12.1. The highest BCUT2D eigenvalue weighted by molar-refractivity contribution is 6.33. The second-order valence-electron chi connectivity index (χ2n) is 2.77. The lowest BCUT2D eigenvalue weighted by atomic mass is 10.1. The Bertz CT molecular complexity index is 471. The van der Waals surface area contributed by atoms with Gasteiger partial charge in [-0.1, -0.05) is 11.6 Å². The van der Waals surface area contributed by atoms with E-state index in [1.54, 1.807) is 0 Å². The van der Waals surface area contributed by atoms with Crippen molar-refractivity contribution in [2.45, 2.75) is 0 Å². The fourth-order valence-corrected chi connectivity index (χ4v) is 1.44. The predicted molar refractivity (Wildman–Crippen MR) is 54.8 cm³/mol. The van der Waals surface area contributed by atoms with Crippen LogP contribution < -0.4 is 0 Å². The van der Waals surface area contributed by atoms with Gasteiger partial charge in [-0.2, -0.15) is 0 Å². The lowest BCUT2D eigenvalue weighted by Crippen LogP contribution is -2.07. The summed E-state index contributed by atoms with van der Waals surface area (Å²) < 4.78 is 4.36. The summed E-state index contributed by atoms with van der Waals surface area (Å²) in [5.41, 5.74) is -0.850. The molecule has 0 aliphatic carbocycles. The lowest BCUT2D eigenvalue weighted by molar-refractivity contribution is -0.385. The van der Waals surface area contributed by atoms with Gasteiger partial charge in [-0.05, 0) is 12.1 Å². The summed E-state index contributed by atoms with van der Waals surface area (Å²) in [4.78, 5) is 31.7. The number of methoxy groups -OCH3 is 1. The summed E-state index contributed by atoms with van der Waals surface area (Å²) in [6.07, 6.45) is 0.433. The molecule has 6 nitrogen and oxygen atoms in total. The number of ether oxygens (including phenoxy) is 1. The summed E-state index contributed by atoms with van der Waals surface area (Å²) in [5.74, 6) is -0.919. The molecule has 0 aliphatic rings. The second-order valence-corrected chi connectivity index (χ2v) is 3.17. The van der Waals surface area contributed by atoms with E-state index in [1.165, 1.54) is 0 Å². The number of carbonyl (C=O) groups is 2. The molecule has 1 rings (SSSR count). The normalized spacial score (nSPS) is 9.62. The molecule has 0 heterocycles. The van der Waals surface area contributed by atoms with E-state index in [1.807, 2.05) is 0 Å². The largest absolute Gasteiger partial charge is 0.465 e. The number of rotatable bonds is 3. The Morgan fingerprint density at radius 1 is 1.56 bits per heavy atom. The average molecular weight is 244 g/mol. The van der Waals surface area contributed by atoms with E-state index in [-0.39, 0.29) is 16.1 Å². The highest BCUT2D eigenvalue weighted by Crippen LogP contribution is 2.30. The summed E-state index contributed by atoms with van der Waals surface area (Å²) in [6, 6.07) is 2.17. The zero-order chi connectivity index (χ0) is 12.3. The minimum absolute atomic E-state index is 0.0657. The van der Waals surface area contributed by atoms with Crippen molar-refractivity contribution in [2.24, 2.45) is 0 Å². The van der Waals surface area contributed by atoms with Crippen molar-refractivity contribution in [3.63, 3.8) is 0 Å². The van der Waals surface area contributed by atoms with Crippen LogP contribution in [0.3, 0.4) is 0 Å². The zero-order valence-corrected chi connectivity index (χ0v) is 8.85. The third-order valence-corrected chi connectivity index (χ3v) is 2.10. The van der Waals surface area contributed by atoms with Gasteiger partial charge in [-0.15, -0.1) is 0 Å².